The maximum Gasteiger partial charge on any atom is 0.0748 e. The van der Waals surface area contributed by atoms with Crippen LogP contribution in [0, 0.1) is 6.92 Å². The molecule has 1 rings (SSSR count). The summed E-state index contributed by atoms with van der Waals surface area (Å²) in [5.74, 6) is 0. The lowest BCUT2D eigenvalue weighted by molar-refractivity contribution is 1.04. The van der Waals surface area contributed by atoms with Crippen molar-refractivity contribution in [1.82, 2.24) is 0 Å². The van der Waals surface area contributed by atoms with Crippen LogP contribution < -0.4 is 5.73 Å². The molecule has 0 unspecified atom stereocenters. The summed E-state index contributed by atoms with van der Waals surface area (Å²) < 4.78 is 1.20. The first-order valence-electron chi connectivity index (χ1n) is 3.67. The van der Waals surface area contributed by atoms with Crippen LogP contribution in [0.1, 0.15) is 22.9 Å². The van der Waals surface area contributed by atoms with Crippen LogP contribution in [0.15, 0.2) is 3.79 Å². The Balaban J connectivity index is 3.14. The highest BCUT2D eigenvalue weighted by molar-refractivity contribution is 9.11. The monoisotopic (exact) mass is 233 g/mol. The molecule has 1 heterocycles. The van der Waals surface area contributed by atoms with Gasteiger partial charge in [-0.15, -0.1) is 11.3 Å². The minimum absolute atomic E-state index is 0.642. The molecule has 0 saturated carbocycles. The molecule has 3 heteroatoms. The Bertz CT molecular complexity index is 255. The molecule has 0 atom stereocenters. The van der Waals surface area contributed by atoms with Crippen LogP contribution in [-0.2, 0) is 13.0 Å². The van der Waals surface area contributed by atoms with Crippen LogP contribution in [0.3, 0.4) is 0 Å². The highest BCUT2D eigenvalue weighted by Gasteiger charge is 2.09. The molecule has 0 aliphatic rings. The van der Waals surface area contributed by atoms with Crippen molar-refractivity contribution in [3.8, 4) is 0 Å². The normalized spacial score (nSPS) is 10.5. The average molecular weight is 234 g/mol. The number of hydrogen-bond donors (Lipinski definition) is 1. The lowest BCUT2D eigenvalue weighted by Crippen LogP contribution is -1.97. The van der Waals surface area contributed by atoms with Gasteiger partial charge < -0.3 is 5.73 Å². The number of thiophene rings is 1. The summed E-state index contributed by atoms with van der Waals surface area (Å²) in [4.78, 5) is 1.44. The van der Waals surface area contributed by atoms with E-state index >= 15 is 0 Å². The number of nitrogens with two attached hydrogens (primary N) is 1. The van der Waals surface area contributed by atoms with Gasteiger partial charge in [-0.25, -0.2) is 0 Å². The Morgan fingerprint density at radius 2 is 2.18 bits per heavy atom. The fraction of sp³-hybridized carbons (Fsp3) is 0.500. The zero-order valence-electron chi connectivity index (χ0n) is 6.78. The first-order valence-corrected chi connectivity index (χ1v) is 5.28. The van der Waals surface area contributed by atoms with E-state index in [2.05, 4.69) is 29.8 Å². The number of halogens is 1. The largest absolute Gasteiger partial charge is 0.326 e. The quantitative estimate of drug-likeness (QED) is 0.836. The lowest BCUT2D eigenvalue weighted by Gasteiger charge is -1.95. The Kier molecular flexibility index (Phi) is 3.10. The number of aryl methyl sites for hydroxylation is 1. The van der Waals surface area contributed by atoms with Crippen molar-refractivity contribution in [1.29, 1.82) is 0 Å². The highest BCUT2D eigenvalue weighted by atomic mass is 79.9. The SMILES string of the molecule is CCc1sc(Br)c(CN)c1C. The zero-order valence-corrected chi connectivity index (χ0v) is 9.18. The van der Waals surface area contributed by atoms with Crippen molar-refractivity contribution in [3.05, 3.63) is 19.8 Å². The maximum atomic E-state index is 5.60. The lowest BCUT2D eigenvalue weighted by atomic mass is 10.1. The summed E-state index contributed by atoms with van der Waals surface area (Å²) in [5.41, 5.74) is 8.23. The molecule has 0 saturated heterocycles. The Labute approximate surface area is 79.7 Å². The molecule has 0 aromatic carbocycles. The van der Waals surface area contributed by atoms with Gasteiger partial charge in [-0.3, -0.25) is 0 Å². The van der Waals surface area contributed by atoms with E-state index in [9.17, 15) is 0 Å². The molecule has 0 radical (unpaired) electrons. The standard InChI is InChI=1S/C8H12BrNS/c1-3-7-5(2)6(4-10)8(9)11-7/h3-4,10H2,1-2H3. The topological polar surface area (TPSA) is 26.0 Å². The molecule has 2 N–H and O–H groups in total. The van der Waals surface area contributed by atoms with Crippen molar-refractivity contribution < 1.29 is 0 Å². The van der Waals surface area contributed by atoms with Gasteiger partial charge in [0.05, 0.1) is 3.79 Å². The minimum Gasteiger partial charge on any atom is -0.326 e. The second-order valence-corrected chi connectivity index (χ2v) is 4.88. The summed E-state index contributed by atoms with van der Waals surface area (Å²) in [6, 6.07) is 0. The molecule has 0 aliphatic heterocycles. The van der Waals surface area contributed by atoms with Gasteiger partial charge in [-0.2, -0.15) is 0 Å². The molecule has 0 amide bonds. The average Bonchev–Trinajstić information content (AvgIpc) is 2.26. The Morgan fingerprint density at radius 3 is 2.45 bits per heavy atom. The summed E-state index contributed by atoms with van der Waals surface area (Å²) in [6.45, 7) is 4.96. The predicted molar refractivity (Wildman–Crippen MR) is 54.0 cm³/mol. The third-order valence-electron chi connectivity index (χ3n) is 1.85. The van der Waals surface area contributed by atoms with E-state index in [0.717, 1.165) is 6.42 Å². The van der Waals surface area contributed by atoms with Crippen molar-refractivity contribution in [3.63, 3.8) is 0 Å². The fourth-order valence-corrected chi connectivity index (χ4v) is 3.17. The summed E-state index contributed by atoms with van der Waals surface area (Å²) in [7, 11) is 0. The molecule has 0 spiro atoms. The van der Waals surface area contributed by atoms with Gasteiger partial charge in [0.25, 0.3) is 0 Å². The Morgan fingerprint density at radius 1 is 1.55 bits per heavy atom. The van der Waals surface area contributed by atoms with Crippen molar-refractivity contribution >= 4 is 27.3 Å². The first-order chi connectivity index (χ1) is 5.20. The highest BCUT2D eigenvalue weighted by Crippen LogP contribution is 2.32. The van der Waals surface area contributed by atoms with Crippen molar-refractivity contribution in [2.45, 2.75) is 26.8 Å². The second-order valence-electron chi connectivity index (χ2n) is 2.46. The Hall–Kier alpha value is 0.140. The van der Waals surface area contributed by atoms with E-state index in [1.165, 1.54) is 19.8 Å². The van der Waals surface area contributed by atoms with Gasteiger partial charge in [0.15, 0.2) is 0 Å². The predicted octanol–water partition coefficient (Wildman–Crippen LogP) is 2.84. The van der Waals surface area contributed by atoms with Gasteiger partial charge in [0.1, 0.15) is 0 Å². The summed E-state index contributed by atoms with van der Waals surface area (Å²) in [5, 5.41) is 0. The summed E-state index contributed by atoms with van der Waals surface area (Å²) in [6.07, 6.45) is 1.11. The van der Waals surface area contributed by atoms with E-state index in [-0.39, 0.29) is 0 Å². The molecule has 0 aliphatic carbocycles. The van der Waals surface area contributed by atoms with E-state index in [4.69, 9.17) is 5.73 Å². The molecule has 1 aromatic rings. The smallest absolute Gasteiger partial charge is 0.0748 e. The van der Waals surface area contributed by atoms with Crippen LogP contribution in [-0.4, -0.2) is 0 Å². The molecule has 62 valence electrons. The number of hydrogen-bond acceptors (Lipinski definition) is 2. The molecule has 0 fully saturated rings. The second kappa shape index (κ2) is 3.70. The van der Waals surface area contributed by atoms with Gasteiger partial charge in [0, 0.05) is 11.4 Å². The van der Waals surface area contributed by atoms with Gasteiger partial charge in [-0.1, -0.05) is 6.92 Å². The number of rotatable bonds is 2. The molecule has 11 heavy (non-hydrogen) atoms. The van der Waals surface area contributed by atoms with Crippen LogP contribution >= 0.6 is 27.3 Å². The summed E-state index contributed by atoms with van der Waals surface area (Å²) >= 11 is 5.31. The van der Waals surface area contributed by atoms with Crippen molar-refractivity contribution in [2.75, 3.05) is 0 Å². The van der Waals surface area contributed by atoms with E-state index in [1.54, 1.807) is 11.3 Å². The first kappa shape index (κ1) is 9.23. The van der Waals surface area contributed by atoms with E-state index in [1.807, 2.05) is 0 Å². The molecule has 1 aromatic heterocycles. The van der Waals surface area contributed by atoms with Crippen LogP contribution in [0.5, 0.6) is 0 Å². The molecule has 1 nitrogen and oxygen atoms in total. The van der Waals surface area contributed by atoms with Gasteiger partial charge >= 0.3 is 0 Å². The van der Waals surface area contributed by atoms with E-state index in [0.29, 0.717) is 6.54 Å². The van der Waals surface area contributed by atoms with Crippen LogP contribution in [0.25, 0.3) is 0 Å². The van der Waals surface area contributed by atoms with Crippen LogP contribution in [0.2, 0.25) is 0 Å². The molecular weight excluding hydrogens is 222 g/mol. The van der Waals surface area contributed by atoms with Crippen LogP contribution in [0.4, 0.5) is 0 Å². The molecule has 0 bridgehead atoms. The van der Waals surface area contributed by atoms with Gasteiger partial charge in [-0.05, 0) is 40.4 Å². The third kappa shape index (κ3) is 1.66. The minimum atomic E-state index is 0.642. The zero-order chi connectivity index (χ0) is 8.43. The third-order valence-corrected chi connectivity index (χ3v) is 4.08. The van der Waals surface area contributed by atoms with Gasteiger partial charge in [0.2, 0.25) is 0 Å². The van der Waals surface area contributed by atoms with Crippen molar-refractivity contribution in [2.24, 2.45) is 5.73 Å². The fourth-order valence-electron chi connectivity index (χ4n) is 1.13. The molecular formula is C8H12BrNS. The maximum absolute atomic E-state index is 5.60. The van der Waals surface area contributed by atoms with E-state index < -0.39 is 0 Å².